The molecule has 43 valence electrons. The molecular weight excluding hydrogens is 143 g/mol. The van der Waals surface area contributed by atoms with Crippen molar-refractivity contribution in [3.05, 3.63) is 0 Å². The van der Waals surface area contributed by atoms with E-state index in [9.17, 15) is 9.59 Å². The molecular formula is C5H7O2V+. The normalized spacial score (nSPS) is 7.00. The van der Waals surface area contributed by atoms with Crippen molar-refractivity contribution in [1.82, 2.24) is 0 Å². The van der Waals surface area contributed by atoms with Gasteiger partial charge in [0.15, 0.2) is 0 Å². The minimum absolute atomic E-state index is 0. The van der Waals surface area contributed by atoms with Crippen LogP contribution in [0.3, 0.4) is 0 Å². The predicted octanol–water partition coefficient (Wildman–Crippen LogP) is 0.463. The standard InChI is InChI=1S/C5H7O2.V/c6-4-2-1-3-5-7;/h4H,1-3H2;/q-1;+2. The number of hydrogen-bond donors (Lipinski definition) is 0. The second kappa shape index (κ2) is 10.0. The topological polar surface area (TPSA) is 34.1 Å². The van der Waals surface area contributed by atoms with Gasteiger partial charge in [-0.05, 0) is 0 Å². The van der Waals surface area contributed by atoms with Crippen LogP contribution in [0.2, 0.25) is 0 Å². The van der Waals surface area contributed by atoms with Gasteiger partial charge in [-0.3, -0.25) is 6.29 Å². The largest absolute Gasteiger partial charge is 2.00 e. The van der Waals surface area contributed by atoms with Crippen molar-refractivity contribution in [3.8, 4) is 0 Å². The maximum Gasteiger partial charge on any atom is 2.00 e. The van der Waals surface area contributed by atoms with Crippen molar-refractivity contribution in [1.29, 1.82) is 0 Å². The van der Waals surface area contributed by atoms with Crippen molar-refractivity contribution < 1.29 is 28.1 Å². The van der Waals surface area contributed by atoms with Crippen molar-refractivity contribution >= 4 is 12.6 Å². The molecule has 0 bridgehead atoms. The van der Waals surface area contributed by atoms with Crippen LogP contribution in [0, 0.1) is 0 Å². The molecule has 0 atom stereocenters. The fraction of sp³-hybridized carbons (Fsp3) is 0.600. The number of carbonyl (C=O) groups excluding carboxylic acids is 2. The van der Waals surface area contributed by atoms with Crippen LogP contribution < -0.4 is 0 Å². The number of hydrogen-bond acceptors (Lipinski definition) is 2. The molecule has 8 heavy (non-hydrogen) atoms. The summed E-state index contributed by atoms with van der Waals surface area (Å²) in [6, 6.07) is 0. The van der Waals surface area contributed by atoms with E-state index < -0.39 is 0 Å². The molecule has 2 nitrogen and oxygen atoms in total. The second-order valence-corrected chi connectivity index (χ2v) is 1.20. The SMILES string of the molecule is O=[C-]CCCC=O.[V+2]. The molecule has 1 radical (unpaired) electrons. The van der Waals surface area contributed by atoms with Crippen molar-refractivity contribution in [2.75, 3.05) is 0 Å². The van der Waals surface area contributed by atoms with Crippen LogP contribution in [0.1, 0.15) is 19.3 Å². The molecule has 0 aromatic heterocycles. The molecule has 0 spiro atoms. The van der Waals surface area contributed by atoms with E-state index in [1.54, 1.807) is 6.29 Å². The zero-order valence-electron chi connectivity index (χ0n) is 4.46. The van der Waals surface area contributed by atoms with Gasteiger partial charge in [0.25, 0.3) is 0 Å². The monoisotopic (exact) mass is 150 g/mol. The minimum Gasteiger partial charge on any atom is -0.542 e. The predicted molar refractivity (Wildman–Crippen MR) is 25.6 cm³/mol. The van der Waals surface area contributed by atoms with E-state index in [1.807, 2.05) is 0 Å². The molecule has 0 unspecified atom stereocenters. The van der Waals surface area contributed by atoms with Crippen LogP contribution in [0.5, 0.6) is 0 Å². The number of rotatable bonds is 4. The van der Waals surface area contributed by atoms with Crippen molar-refractivity contribution in [2.45, 2.75) is 19.3 Å². The molecule has 0 aliphatic carbocycles. The van der Waals surface area contributed by atoms with Gasteiger partial charge in [0.1, 0.15) is 6.29 Å². The Morgan fingerprint density at radius 1 is 1.50 bits per heavy atom. The summed E-state index contributed by atoms with van der Waals surface area (Å²) in [7, 11) is 0. The molecule has 0 aliphatic rings. The van der Waals surface area contributed by atoms with Gasteiger partial charge in [-0.15, -0.1) is 0 Å². The Bertz CT molecular complexity index is 55.4. The maximum atomic E-state index is 9.55. The molecule has 0 aromatic carbocycles. The third-order valence-corrected chi connectivity index (χ3v) is 0.601. The van der Waals surface area contributed by atoms with Gasteiger partial charge < -0.3 is 9.59 Å². The molecule has 0 heterocycles. The first-order chi connectivity index (χ1) is 3.41. The maximum absolute atomic E-state index is 9.55. The van der Waals surface area contributed by atoms with Gasteiger partial charge >= 0.3 is 18.6 Å². The fourth-order valence-electron chi connectivity index (χ4n) is 0.258. The quantitative estimate of drug-likeness (QED) is 0.331. The smallest absolute Gasteiger partial charge is 0.542 e. The average molecular weight is 150 g/mol. The Morgan fingerprint density at radius 2 is 2.12 bits per heavy atom. The Labute approximate surface area is 60.5 Å². The summed E-state index contributed by atoms with van der Waals surface area (Å²) in [4.78, 5) is 19.0. The van der Waals surface area contributed by atoms with E-state index in [4.69, 9.17) is 0 Å². The van der Waals surface area contributed by atoms with E-state index in [0.29, 0.717) is 19.3 Å². The van der Waals surface area contributed by atoms with Crippen molar-refractivity contribution in [3.63, 3.8) is 0 Å². The Morgan fingerprint density at radius 3 is 2.50 bits per heavy atom. The summed E-state index contributed by atoms with van der Waals surface area (Å²) >= 11 is 0. The Balaban J connectivity index is 0. The zero-order chi connectivity index (χ0) is 5.54. The first-order valence-corrected chi connectivity index (χ1v) is 2.20. The molecule has 0 rings (SSSR count). The fourth-order valence-corrected chi connectivity index (χ4v) is 0.258. The van der Waals surface area contributed by atoms with Gasteiger partial charge in [0.05, 0.1) is 0 Å². The first kappa shape index (κ1) is 10.8. The van der Waals surface area contributed by atoms with Crippen molar-refractivity contribution in [2.24, 2.45) is 0 Å². The van der Waals surface area contributed by atoms with Crippen LogP contribution in [-0.2, 0) is 28.1 Å². The zero-order valence-corrected chi connectivity index (χ0v) is 5.86. The van der Waals surface area contributed by atoms with Gasteiger partial charge in [-0.1, -0.05) is 6.42 Å². The molecule has 0 N–H and O–H groups in total. The summed E-state index contributed by atoms with van der Waals surface area (Å²) in [6.45, 7) is 0. The summed E-state index contributed by atoms with van der Waals surface area (Å²) < 4.78 is 0. The third kappa shape index (κ3) is 9.33. The summed E-state index contributed by atoms with van der Waals surface area (Å²) in [5.74, 6) is 0. The van der Waals surface area contributed by atoms with E-state index >= 15 is 0 Å². The van der Waals surface area contributed by atoms with E-state index in [-0.39, 0.29) is 18.6 Å². The number of carbonyl (C=O) groups is 1. The van der Waals surface area contributed by atoms with Crippen LogP contribution in [0.15, 0.2) is 0 Å². The second-order valence-electron chi connectivity index (χ2n) is 1.20. The van der Waals surface area contributed by atoms with Gasteiger partial charge in [0.2, 0.25) is 0 Å². The van der Waals surface area contributed by atoms with Crippen LogP contribution >= 0.6 is 0 Å². The molecule has 0 amide bonds. The minimum atomic E-state index is 0. The summed E-state index contributed by atoms with van der Waals surface area (Å²) in [5, 5.41) is 0. The molecule has 0 aromatic rings. The third-order valence-electron chi connectivity index (χ3n) is 0.601. The summed E-state index contributed by atoms with van der Waals surface area (Å²) in [6.07, 6.45) is 4.01. The van der Waals surface area contributed by atoms with Crippen LogP contribution in [0.25, 0.3) is 0 Å². The molecule has 0 saturated carbocycles. The molecule has 0 aliphatic heterocycles. The van der Waals surface area contributed by atoms with Gasteiger partial charge in [0, 0.05) is 6.42 Å². The summed E-state index contributed by atoms with van der Waals surface area (Å²) in [5.41, 5.74) is 0. The first-order valence-electron chi connectivity index (χ1n) is 2.20. The molecule has 3 heteroatoms. The Kier molecular flexibility index (Phi) is 13.6. The average Bonchev–Trinajstić information content (AvgIpc) is 1.69. The van der Waals surface area contributed by atoms with E-state index in [2.05, 4.69) is 0 Å². The molecule has 0 saturated heterocycles. The van der Waals surface area contributed by atoms with Crippen LogP contribution in [-0.4, -0.2) is 12.6 Å². The van der Waals surface area contributed by atoms with E-state index in [1.165, 1.54) is 0 Å². The van der Waals surface area contributed by atoms with Gasteiger partial charge in [-0.25, -0.2) is 0 Å². The van der Waals surface area contributed by atoms with Crippen LogP contribution in [0.4, 0.5) is 0 Å². The number of unbranched alkanes of at least 4 members (excludes halogenated alkanes) is 2. The number of aldehydes is 1. The van der Waals surface area contributed by atoms with E-state index in [0.717, 1.165) is 6.29 Å². The van der Waals surface area contributed by atoms with Gasteiger partial charge in [-0.2, -0.15) is 6.42 Å². The molecule has 0 fully saturated rings. The Hall–Kier alpha value is -0.0756.